The summed E-state index contributed by atoms with van der Waals surface area (Å²) >= 11 is 5.90. The van der Waals surface area contributed by atoms with Crippen molar-refractivity contribution in [1.82, 2.24) is 19.5 Å². The van der Waals surface area contributed by atoms with Crippen molar-refractivity contribution in [3.63, 3.8) is 0 Å². The quantitative estimate of drug-likeness (QED) is 0.215. The molecule has 4 rings (SSSR count). The van der Waals surface area contributed by atoms with Gasteiger partial charge in [-0.15, -0.1) is 0 Å². The van der Waals surface area contributed by atoms with Gasteiger partial charge in [-0.05, 0) is 31.0 Å². The van der Waals surface area contributed by atoms with Gasteiger partial charge in [-0.25, -0.2) is 19.0 Å². The molecular weight excluding hydrogens is 525 g/mol. The second-order valence-electron chi connectivity index (χ2n) is 8.44. The first-order valence-electron chi connectivity index (χ1n) is 11.9. The molecule has 38 heavy (non-hydrogen) atoms. The number of nitrogens with two attached hydrogens (primary N) is 1. The lowest BCUT2D eigenvalue weighted by Gasteiger charge is -2.30. The number of aliphatic hydroxyl groups excluding tert-OH is 1. The number of benzene rings is 1. The van der Waals surface area contributed by atoms with Crippen LogP contribution in [0.5, 0.6) is 0 Å². The highest BCUT2D eigenvalue weighted by Gasteiger charge is 2.53. The standard InChI is InChI=1S/C24H27ClFN5O7/c1-3-35-21(33)24(22(34)36-4-2,10-13-8-6-5-7-9-13)37-11-14-15(26)17(32)20(38-14)31-12-28-16-18(27)29-23(25)30-19(16)31/h5-9,12,14-15,17,20,32H,3-4,10-11H2,1-2H3,(H2,27,29,30)/t14-,15-,17-,20-/m1/s1. The molecule has 14 heteroatoms. The molecule has 3 N–H and O–H groups in total. The zero-order valence-corrected chi connectivity index (χ0v) is 21.4. The molecule has 0 bridgehead atoms. The number of hydrogen-bond acceptors (Lipinski definition) is 11. The van der Waals surface area contributed by atoms with Gasteiger partial charge in [-0.1, -0.05) is 30.3 Å². The number of nitrogen functional groups attached to an aromatic ring is 1. The Morgan fingerprint density at radius 1 is 1.18 bits per heavy atom. The number of carbonyl (C=O) groups excluding carboxylic acids is 2. The number of halogens is 2. The summed E-state index contributed by atoms with van der Waals surface area (Å²) in [6.07, 6.45) is -5.30. The average molecular weight is 552 g/mol. The number of alkyl halides is 1. The van der Waals surface area contributed by atoms with Crippen LogP contribution in [-0.4, -0.2) is 80.4 Å². The van der Waals surface area contributed by atoms with Crippen LogP contribution in [0.3, 0.4) is 0 Å². The van der Waals surface area contributed by atoms with Crippen molar-refractivity contribution >= 4 is 40.5 Å². The molecule has 0 unspecified atom stereocenters. The van der Waals surface area contributed by atoms with E-state index in [0.29, 0.717) is 5.56 Å². The van der Waals surface area contributed by atoms with Crippen molar-refractivity contribution in [2.75, 3.05) is 25.6 Å². The van der Waals surface area contributed by atoms with Crippen LogP contribution in [0.4, 0.5) is 10.2 Å². The maximum absolute atomic E-state index is 15.3. The zero-order valence-electron chi connectivity index (χ0n) is 20.6. The van der Waals surface area contributed by atoms with Crippen molar-refractivity contribution in [1.29, 1.82) is 0 Å². The van der Waals surface area contributed by atoms with Gasteiger partial charge in [0.05, 0.1) is 26.1 Å². The molecule has 1 saturated heterocycles. The molecular formula is C24H27ClFN5O7. The van der Waals surface area contributed by atoms with E-state index in [1.165, 1.54) is 10.9 Å². The number of esters is 2. The van der Waals surface area contributed by atoms with E-state index < -0.39 is 48.8 Å². The second kappa shape index (κ2) is 11.6. The van der Waals surface area contributed by atoms with Gasteiger partial charge in [0.2, 0.25) is 5.28 Å². The summed E-state index contributed by atoms with van der Waals surface area (Å²) in [6.45, 7) is 2.49. The number of fused-ring (bicyclic) bond motifs is 1. The number of carbonyl (C=O) groups is 2. The highest BCUT2D eigenvalue weighted by molar-refractivity contribution is 6.28. The Balaban J connectivity index is 1.62. The molecule has 204 valence electrons. The summed E-state index contributed by atoms with van der Waals surface area (Å²) in [5, 5.41) is 10.5. The second-order valence-corrected chi connectivity index (χ2v) is 8.78. The fraction of sp³-hybridized carbons (Fsp3) is 0.458. The number of aromatic nitrogens is 4. The zero-order chi connectivity index (χ0) is 27.4. The number of nitrogens with zero attached hydrogens (tertiary/aromatic N) is 4. The Bertz CT molecular complexity index is 1280. The number of rotatable bonds is 10. The summed E-state index contributed by atoms with van der Waals surface area (Å²) in [5.74, 6) is -1.98. The normalized spacial score (nSPS) is 21.5. The van der Waals surface area contributed by atoms with E-state index in [1.54, 1.807) is 44.2 Å². The molecule has 4 atom stereocenters. The van der Waals surface area contributed by atoms with Crippen molar-refractivity contribution < 1.29 is 38.0 Å². The van der Waals surface area contributed by atoms with E-state index in [0.717, 1.165) is 0 Å². The van der Waals surface area contributed by atoms with Gasteiger partial charge in [-0.3, -0.25) is 4.57 Å². The predicted molar refractivity (Wildman–Crippen MR) is 132 cm³/mol. The van der Waals surface area contributed by atoms with E-state index in [4.69, 9.17) is 36.3 Å². The summed E-state index contributed by atoms with van der Waals surface area (Å²) in [5.41, 5.74) is 4.47. The predicted octanol–water partition coefficient (Wildman–Crippen LogP) is 1.78. The van der Waals surface area contributed by atoms with Crippen LogP contribution in [-0.2, 0) is 35.0 Å². The Morgan fingerprint density at radius 3 is 2.47 bits per heavy atom. The van der Waals surface area contributed by atoms with Gasteiger partial charge in [0.1, 0.15) is 17.7 Å². The largest absolute Gasteiger partial charge is 0.463 e. The molecule has 0 saturated carbocycles. The van der Waals surface area contributed by atoms with Gasteiger partial charge in [0.25, 0.3) is 5.60 Å². The number of imidazole rings is 1. The summed E-state index contributed by atoms with van der Waals surface area (Å²) in [7, 11) is 0. The van der Waals surface area contributed by atoms with E-state index in [9.17, 15) is 14.7 Å². The maximum Gasteiger partial charge on any atom is 0.350 e. The van der Waals surface area contributed by atoms with Crippen molar-refractivity contribution in [2.45, 2.75) is 50.5 Å². The number of ether oxygens (including phenoxy) is 4. The van der Waals surface area contributed by atoms with Crippen LogP contribution in [0.15, 0.2) is 36.7 Å². The monoisotopic (exact) mass is 551 g/mol. The van der Waals surface area contributed by atoms with Gasteiger partial charge in [-0.2, -0.15) is 9.97 Å². The Hall–Kier alpha value is -3.39. The topological polar surface area (TPSA) is 161 Å². The highest BCUT2D eigenvalue weighted by Crippen LogP contribution is 2.35. The van der Waals surface area contributed by atoms with Crippen molar-refractivity contribution in [3.8, 4) is 0 Å². The first-order chi connectivity index (χ1) is 18.2. The lowest BCUT2D eigenvalue weighted by Crippen LogP contribution is -2.54. The lowest BCUT2D eigenvalue weighted by molar-refractivity contribution is -0.196. The molecule has 1 aliphatic heterocycles. The highest BCUT2D eigenvalue weighted by atomic mass is 35.5. The summed E-state index contributed by atoms with van der Waals surface area (Å²) in [6, 6.07) is 8.63. The van der Waals surface area contributed by atoms with Crippen LogP contribution in [0.1, 0.15) is 25.6 Å². The third-order valence-corrected chi connectivity index (χ3v) is 6.15. The number of hydrogen-bond donors (Lipinski definition) is 2. The van der Waals surface area contributed by atoms with E-state index in [-0.39, 0.29) is 41.9 Å². The molecule has 3 heterocycles. The van der Waals surface area contributed by atoms with Crippen LogP contribution in [0.25, 0.3) is 11.2 Å². The molecule has 1 aliphatic rings. The van der Waals surface area contributed by atoms with Gasteiger partial charge >= 0.3 is 11.9 Å². The first kappa shape index (κ1) is 27.6. The minimum atomic E-state index is -2.24. The summed E-state index contributed by atoms with van der Waals surface area (Å²) in [4.78, 5) is 38.2. The Morgan fingerprint density at radius 2 is 1.84 bits per heavy atom. The molecule has 1 aromatic carbocycles. The lowest BCUT2D eigenvalue weighted by atomic mass is 9.93. The van der Waals surface area contributed by atoms with E-state index in [1.807, 2.05) is 0 Å². The minimum Gasteiger partial charge on any atom is -0.463 e. The molecule has 0 amide bonds. The fourth-order valence-corrected chi connectivity index (χ4v) is 4.34. The maximum atomic E-state index is 15.3. The Labute approximate surface area is 221 Å². The molecule has 0 radical (unpaired) electrons. The molecule has 2 aromatic heterocycles. The van der Waals surface area contributed by atoms with E-state index in [2.05, 4.69) is 15.0 Å². The third-order valence-electron chi connectivity index (χ3n) is 5.98. The molecule has 3 aromatic rings. The molecule has 0 aliphatic carbocycles. The number of aliphatic hydroxyl groups is 1. The third kappa shape index (κ3) is 5.27. The number of anilines is 1. The van der Waals surface area contributed by atoms with Gasteiger partial charge in [0.15, 0.2) is 23.9 Å². The molecule has 0 spiro atoms. The summed E-state index contributed by atoms with van der Waals surface area (Å²) < 4.78 is 38.5. The van der Waals surface area contributed by atoms with Crippen molar-refractivity contribution in [3.05, 3.63) is 47.5 Å². The molecule has 1 fully saturated rings. The fourth-order valence-electron chi connectivity index (χ4n) is 4.17. The van der Waals surface area contributed by atoms with Crippen LogP contribution in [0, 0.1) is 0 Å². The SMILES string of the molecule is CCOC(=O)C(Cc1ccccc1)(OC[C@H]1O[C@@H](n2cnc3c(N)nc(Cl)nc32)[C@H](O)[C@@H]1F)C(=O)OCC. The first-order valence-corrected chi connectivity index (χ1v) is 12.2. The molecule has 12 nitrogen and oxygen atoms in total. The Kier molecular flexibility index (Phi) is 8.41. The van der Waals surface area contributed by atoms with Gasteiger partial charge in [0, 0.05) is 6.42 Å². The van der Waals surface area contributed by atoms with Crippen LogP contribution in [0.2, 0.25) is 5.28 Å². The average Bonchev–Trinajstić information content (AvgIpc) is 3.43. The van der Waals surface area contributed by atoms with Gasteiger partial charge < -0.3 is 29.8 Å². The van der Waals surface area contributed by atoms with Crippen LogP contribution >= 0.6 is 11.6 Å². The smallest absolute Gasteiger partial charge is 0.350 e. The van der Waals surface area contributed by atoms with Crippen molar-refractivity contribution in [2.24, 2.45) is 0 Å². The van der Waals surface area contributed by atoms with E-state index >= 15 is 4.39 Å². The van der Waals surface area contributed by atoms with Crippen LogP contribution < -0.4 is 5.73 Å². The minimum absolute atomic E-state index is 0.00233.